The fourth-order valence-corrected chi connectivity index (χ4v) is 4.22. The largest absolute Gasteiger partial charge is 0.419 e. The van der Waals surface area contributed by atoms with Crippen LogP contribution in [0.1, 0.15) is 42.0 Å². The molecule has 136 valence electrons. The Bertz CT molecular complexity index is 770. The Balaban J connectivity index is 1.76. The normalized spacial score (nSPS) is 17.6. The smallest absolute Gasteiger partial charge is 0.328 e. The van der Waals surface area contributed by atoms with Crippen molar-refractivity contribution in [2.75, 3.05) is 6.54 Å². The number of halogens is 5. The predicted molar refractivity (Wildman–Crippen MR) is 94.8 cm³/mol. The van der Waals surface area contributed by atoms with Gasteiger partial charge >= 0.3 is 6.18 Å². The number of hydrogen-bond acceptors (Lipinski definition) is 2. The summed E-state index contributed by atoms with van der Waals surface area (Å²) in [5.41, 5.74) is 0.470. The summed E-state index contributed by atoms with van der Waals surface area (Å²) in [6, 6.07) is 3.24. The fraction of sp³-hybridized carbons (Fsp3) is 0.471. The first-order valence-corrected chi connectivity index (χ1v) is 9.23. The molecule has 3 rings (SSSR count). The van der Waals surface area contributed by atoms with Crippen LogP contribution < -0.4 is 5.32 Å². The van der Waals surface area contributed by atoms with Crippen LogP contribution in [0.5, 0.6) is 0 Å². The monoisotopic (exact) mass is 467 g/mol. The molecule has 2 heterocycles. The van der Waals surface area contributed by atoms with Crippen molar-refractivity contribution in [1.29, 1.82) is 0 Å². The summed E-state index contributed by atoms with van der Waals surface area (Å²) >= 11 is 2.22. The van der Waals surface area contributed by atoms with Crippen LogP contribution in [-0.2, 0) is 25.6 Å². The van der Waals surface area contributed by atoms with Crippen molar-refractivity contribution in [2.45, 2.75) is 44.9 Å². The van der Waals surface area contributed by atoms with E-state index in [9.17, 15) is 17.6 Å². The van der Waals surface area contributed by atoms with Crippen LogP contribution in [0.15, 0.2) is 18.2 Å². The molecular formula is C17H18F4IN3. The summed E-state index contributed by atoms with van der Waals surface area (Å²) < 4.78 is 54.8. The molecule has 1 aliphatic heterocycles. The van der Waals surface area contributed by atoms with E-state index >= 15 is 0 Å². The van der Waals surface area contributed by atoms with Crippen molar-refractivity contribution < 1.29 is 17.6 Å². The minimum Gasteiger partial charge on any atom is -0.328 e. The maximum atomic E-state index is 13.7. The SMILES string of the molecule is CCc1nc(I)c2n1CCNC2CCc1ccc(C(F)(F)F)c(F)c1. The zero-order valence-electron chi connectivity index (χ0n) is 13.6. The lowest BCUT2D eigenvalue weighted by Gasteiger charge is -2.27. The van der Waals surface area contributed by atoms with E-state index in [1.54, 1.807) is 0 Å². The number of fused-ring (bicyclic) bond motifs is 1. The van der Waals surface area contributed by atoms with E-state index in [4.69, 9.17) is 0 Å². The molecule has 1 aromatic carbocycles. The molecule has 0 saturated heterocycles. The van der Waals surface area contributed by atoms with Crippen molar-refractivity contribution in [3.05, 3.63) is 50.4 Å². The van der Waals surface area contributed by atoms with Crippen LogP contribution in [0.4, 0.5) is 17.6 Å². The molecule has 0 saturated carbocycles. The molecule has 3 nitrogen and oxygen atoms in total. The van der Waals surface area contributed by atoms with Gasteiger partial charge in [-0.2, -0.15) is 13.2 Å². The van der Waals surface area contributed by atoms with Gasteiger partial charge in [-0.15, -0.1) is 0 Å². The minimum absolute atomic E-state index is 0.0683. The summed E-state index contributed by atoms with van der Waals surface area (Å²) in [7, 11) is 0. The number of benzene rings is 1. The van der Waals surface area contributed by atoms with Gasteiger partial charge in [-0.05, 0) is 53.1 Å². The molecule has 0 bridgehead atoms. The van der Waals surface area contributed by atoms with Crippen LogP contribution >= 0.6 is 22.6 Å². The quantitative estimate of drug-likeness (QED) is 0.531. The van der Waals surface area contributed by atoms with Gasteiger partial charge in [0.05, 0.1) is 17.3 Å². The molecule has 25 heavy (non-hydrogen) atoms. The lowest BCUT2D eigenvalue weighted by Crippen LogP contribution is -2.34. The van der Waals surface area contributed by atoms with Crippen LogP contribution in [0.2, 0.25) is 0 Å². The molecule has 2 aromatic rings. The second-order valence-corrected chi connectivity index (χ2v) is 7.09. The Morgan fingerprint density at radius 2 is 2.12 bits per heavy atom. The summed E-state index contributed by atoms with van der Waals surface area (Å²) in [6.07, 6.45) is -2.63. The maximum absolute atomic E-state index is 13.7. The van der Waals surface area contributed by atoms with Crippen molar-refractivity contribution >= 4 is 22.6 Å². The second-order valence-electron chi connectivity index (χ2n) is 6.07. The Morgan fingerprint density at radius 3 is 2.76 bits per heavy atom. The summed E-state index contributed by atoms with van der Waals surface area (Å²) in [5, 5.41) is 3.43. The van der Waals surface area contributed by atoms with Gasteiger partial charge < -0.3 is 9.88 Å². The average molecular weight is 467 g/mol. The Hall–Kier alpha value is -1.16. The molecule has 0 fully saturated rings. The average Bonchev–Trinajstić information content (AvgIpc) is 2.89. The third-order valence-corrected chi connectivity index (χ3v) is 5.27. The van der Waals surface area contributed by atoms with Gasteiger partial charge in [-0.25, -0.2) is 9.37 Å². The number of alkyl halides is 3. The molecule has 1 unspecified atom stereocenters. The standard InChI is InChI=1S/C17H18F4IN3/c1-2-14-24-16(22)15-13(23-7-8-25(14)15)6-4-10-3-5-11(12(18)9-10)17(19,20)21/h3,5,9,13,23H,2,4,6-8H2,1H3. The van der Waals surface area contributed by atoms with Gasteiger partial charge in [0, 0.05) is 19.5 Å². The van der Waals surface area contributed by atoms with E-state index < -0.39 is 17.6 Å². The van der Waals surface area contributed by atoms with Gasteiger partial charge in [0.25, 0.3) is 0 Å². The Kier molecular flexibility index (Phi) is 5.38. The van der Waals surface area contributed by atoms with Crippen molar-refractivity contribution in [2.24, 2.45) is 0 Å². The van der Waals surface area contributed by atoms with Crippen molar-refractivity contribution in [3.8, 4) is 0 Å². The van der Waals surface area contributed by atoms with E-state index in [1.807, 2.05) is 0 Å². The van der Waals surface area contributed by atoms with Gasteiger partial charge in [0.2, 0.25) is 0 Å². The van der Waals surface area contributed by atoms with Gasteiger partial charge in [0.1, 0.15) is 15.3 Å². The lowest BCUT2D eigenvalue weighted by molar-refractivity contribution is -0.140. The number of aryl methyl sites for hydroxylation is 2. The van der Waals surface area contributed by atoms with E-state index in [-0.39, 0.29) is 6.04 Å². The highest BCUT2D eigenvalue weighted by molar-refractivity contribution is 14.1. The van der Waals surface area contributed by atoms with Crippen LogP contribution in [-0.4, -0.2) is 16.1 Å². The number of nitrogens with zero attached hydrogens (tertiary/aromatic N) is 2. The lowest BCUT2D eigenvalue weighted by atomic mass is 10.0. The van der Waals surface area contributed by atoms with Gasteiger partial charge in [-0.3, -0.25) is 0 Å². The first kappa shape index (κ1) is 18.6. The maximum Gasteiger partial charge on any atom is 0.419 e. The zero-order chi connectivity index (χ0) is 18.2. The van der Waals surface area contributed by atoms with Crippen molar-refractivity contribution in [3.63, 3.8) is 0 Å². The van der Waals surface area contributed by atoms with E-state index in [2.05, 4.69) is 44.4 Å². The van der Waals surface area contributed by atoms with Gasteiger partial charge in [0.15, 0.2) is 0 Å². The number of imidazole rings is 1. The van der Waals surface area contributed by atoms with Crippen LogP contribution in [0.25, 0.3) is 0 Å². The second kappa shape index (κ2) is 7.22. The number of rotatable bonds is 4. The highest BCUT2D eigenvalue weighted by Crippen LogP contribution is 2.32. The fourth-order valence-electron chi connectivity index (χ4n) is 3.27. The third kappa shape index (κ3) is 3.84. The predicted octanol–water partition coefficient (Wildman–Crippen LogP) is 4.49. The van der Waals surface area contributed by atoms with Crippen LogP contribution in [0, 0.1) is 9.52 Å². The summed E-state index contributed by atoms with van der Waals surface area (Å²) in [4.78, 5) is 4.59. The topological polar surface area (TPSA) is 29.9 Å². The Morgan fingerprint density at radius 1 is 1.36 bits per heavy atom. The molecular weight excluding hydrogens is 449 g/mol. The highest BCUT2D eigenvalue weighted by Gasteiger charge is 2.34. The minimum atomic E-state index is -4.66. The molecule has 0 radical (unpaired) electrons. The highest BCUT2D eigenvalue weighted by atomic mass is 127. The van der Waals surface area contributed by atoms with Crippen molar-refractivity contribution in [1.82, 2.24) is 14.9 Å². The third-order valence-electron chi connectivity index (χ3n) is 4.47. The molecule has 0 amide bonds. The molecule has 1 atom stereocenters. The van der Waals surface area contributed by atoms with E-state index in [0.717, 1.165) is 46.9 Å². The summed E-state index contributed by atoms with van der Waals surface area (Å²) in [6.45, 7) is 3.74. The number of nitrogens with one attached hydrogen (secondary N) is 1. The summed E-state index contributed by atoms with van der Waals surface area (Å²) in [5.74, 6) is -0.166. The van der Waals surface area contributed by atoms with Gasteiger partial charge in [-0.1, -0.05) is 13.0 Å². The molecule has 1 aromatic heterocycles. The first-order chi connectivity index (χ1) is 11.8. The van der Waals surface area contributed by atoms with Crippen LogP contribution in [0.3, 0.4) is 0 Å². The molecule has 1 N–H and O–H groups in total. The number of hydrogen-bond donors (Lipinski definition) is 1. The zero-order valence-corrected chi connectivity index (χ0v) is 15.8. The molecule has 0 aliphatic carbocycles. The first-order valence-electron chi connectivity index (χ1n) is 8.15. The van der Waals surface area contributed by atoms with E-state index in [1.165, 1.54) is 6.07 Å². The molecule has 1 aliphatic rings. The number of aromatic nitrogens is 2. The Labute approximate surface area is 157 Å². The van der Waals surface area contributed by atoms with E-state index in [0.29, 0.717) is 18.4 Å². The molecule has 0 spiro atoms. The molecule has 8 heteroatoms.